The summed E-state index contributed by atoms with van der Waals surface area (Å²) >= 11 is 14.5. The molecule has 0 fully saturated rings. The van der Waals surface area contributed by atoms with Crippen LogP contribution in [-0.2, 0) is 32.0 Å². The van der Waals surface area contributed by atoms with E-state index in [2.05, 4.69) is 11.4 Å². The SMILES string of the molecule is COC(=O)[C@@H](OC(=O)[C@@H](c1ccccc1Cl)N1CCc2sccc2C1)c1ccccc1Cl. The Morgan fingerprint density at radius 1 is 0.969 bits per heavy atom. The molecule has 2 heterocycles. The number of esters is 2. The van der Waals surface area contributed by atoms with E-state index in [9.17, 15) is 9.59 Å². The molecule has 4 rings (SSSR count). The molecule has 166 valence electrons. The average molecular weight is 490 g/mol. The molecule has 0 amide bonds. The standard InChI is InChI=1S/C24H21Cl2NO4S/c1-30-24(29)22(17-7-3-5-9-19(17)26)31-23(28)21(16-6-2-4-8-18(16)25)27-12-10-20-15(14-27)11-13-32-20/h2-9,11,13,21-22H,10,12,14H2,1H3/t21-,22+/m1/s1. The van der Waals surface area contributed by atoms with E-state index in [-0.39, 0.29) is 0 Å². The molecule has 5 nitrogen and oxygen atoms in total. The highest BCUT2D eigenvalue weighted by Crippen LogP contribution is 2.36. The number of benzene rings is 2. The van der Waals surface area contributed by atoms with E-state index in [1.165, 1.54) is 17.6 Å². The second-order valence-electron chi connectivity index (χ2n) is 7.38. The number of carbonyl (C=O) groups is 2. The summed E-state index contributed by atoms with van der Waals surface area (Å²) < 4.78 is 10.7. The van der Waals surface area contributed by atoms with Gasteiger partial charge in [-0.3, -0.25) is 4.90 Å². The summed E-state index contributed by atoms with van der Waals surface area (Å²) in [6, 6.07) is 15.2. The lowest BCUT2D eigenvalue weighted by molar-refractivity contribution is -0.170. The molecule has 8 heteroatoms. The van der Waals surface area contributed by atoms with Crippen LogP contribution in [0.2, 0.25) is 10.0 Å². The van der Waals surface area contributed by atoms with Crippen molar-refractivity contribution in [1.82, 2.24) is 4.90 Å². The molecule has 0 radical (unpaired) electrons. The monoisotopic (exact) mass is 489 g/mol. The van der Waals surface area contributed by atoms with Crippen LogP contribution in [0.25, 0.3) is 0 Å². The van der Waals surface area contributed by atoms with Crippen LogP contribution in [0.4, 0.5) is 0 Å². The van der Waals surface area contributed by atoms with E-state index in [1.54, 1.807) is 47.7 Å². The van der Waals surface area contributed by atoms with E-state index in [4.69, 9.17) is 32.7 Å². The number of nitrogens with zero attached hydrogens (tertiary/aromatic N) is 1. The van der Waals surface area contributed by atoms with Crippen LogP contribution in [0.1, 0.15) is 33.7 Å². The van der Waals surface area contributed by atoms with Crippen molar-refractivity contribution >= 4 is 46.5 Å². The molecule has 0 saturated heterocycles. The Morgan fingerprint density at radius 2 is 1.62 bits per heavy atom. The zero-order valence-corrected chi connectivity index (χ0v) is 19.6. The number of rotatable bonds is 6. The van der Waals surface area contributed by atoms with Gasteiger partial charge in [0.15, 0.2) is 0 Å². The maximum Gasteiger partial charge on any atom is 0.352 e. The molecular weight excluding hydrogens is 469 g/mol. The van der Waals surface area contributed by atoms with Gasteiger partial charge in [-0.2, -0.15) is 0 Å². The second kappa shape index (κ2) is 10.0. The quantitative estimate of drug-likeness (QED) is 0.421. The molecule has 1 aliphatic rings. The maximum atomic E-state index is 13.6. The van der Waals surface area contributed by atoms with Gasteiger partial charge in [-0.05, 0) is 41.1 Å². The van der Waals surface area contributed by atoms with Crippen LogP contribution < -0.4 is 0 Å². The molecule has 0 bridgehead atoms. The van der Waals surface area contributed by atoms with E-state index in [0.717, 1.165) is 6.42 Å². The van der Waals surface area contributed by atoms with Crippen molar-refractivity contribution in [2.75, 3.05) is 13.7 Å². The van der Waals surface area contributed by atoms with Crippen LogP contribution in [0.5, 0.6) is 0 Å². The number of hydrogen-bond acceptors (Lipinski definition) is 6. The molecule has 2 atom stereocenters. The fraction of sp³-hybridized carbons (Fsp3) is 0.250. The fourth-order valence-electron chi connectivity index (χ4n) is 3.87. The number of methoxy groups -OCH3 is 1. The summed E-state index contributed by atoms with van der Waals surface area (Å²) in [7, 11) is 1.24. The highest BCUT2D eigenvalue weighted by atomic mass is 35.5. The summed E-state index contributed by atoms with van der Waals surface area (Å²) in [6.45, 7) is 1.24. The van der Waals surface area contributed by atoms with Gasteiger partial charge < -0.3 is 9.47 Å². The Kier molecular flexibility index (Phi) is 7.16. The van der Waals surface area contributed by atoms with Gasteiger partial charge in [0.1, 0.15) is 6.04 Å². The minimum Gasteiger partial charge on any atom is -0.466 e. The zero-order chi connectivity index (χ0) is 22.7. The minimum absolute atomic E-state index is 0.311. The largest absolute Gasteiger partial charge is 0.466 e. The third kappa shape index (κ3) is 4.69. The Hall–Kier alpha value is -2.38. The van der Waals surface area contributed by atoms with Crippen LogP contribution in [0, 0.1) is 0 Å². The van der Waals surface area contributed by atoms with Crippen LogP contribution in [0.15, 0.2) is 60.0 Å². The summed E-state index contributed by atoms with van der Waals surface area (Å²) in [5.74, 6) is -1.30. The molecule has 1 aromatic heterocycles. The lowest BCUT2D eigenvalue weighted by atomic mass is 10.0. The van der Waals surface area contributed by atoms with Crippen molar-refractivity contribution in [2.24, 2.45) is 0 Å². The van der Waals surface area contributed by atoms with Gasteiger partial charge in [0.25, 0.3) is 0 Å². The molecule has 3 aromatic rings. The first-order valence-corrected chi connectivity index (χ1v) is 11.7. The van der Waals surface area contributed by atoms with Gasteiger partial charge >= 0.3 is 11.9 Å². The minimum atomic E-state index is -1.28. The number of ether oxygens (including phenoxy) is 2. The van der Waals surface area contributed by atoms with E-state index in [1.807, 2.05) is 17.0 Å². The summed E-state index contributed by atoms with van der Waals surface area (Å²) in [4.78, 5) is 29.5. The molecule has 0 aliphatic carbocycles. The Bertz CT molecular complexity index is 1130. The lowest BCUT2D eigenvalue weighted by Gasteiger charge is -2.34. The number of hydrogen-bond donors (Lipinski definition) is 0. The predicted octanol–water partition coefficient (Wildman–Crippen LogP) is 5.61. The number of fused-ring (bicyclic) bond motifs is 1. The first kappa shape index (κ1) is 22.8. The normalized spacial score (nSPS) is 15.5. The number of halogens is 2. The molecular formula is C24H21Cl2NO4S. The van der Waals surface area contributed by atoms with Crippen molar-refractivity contribution in [3.05, 3.63) is 91.6 Å². The molecule has 0 N–H and O–H groups in total. The van der Waals surface area contributed by atoms with Crippen molar-refractivity contribution in [1.29, 1.82) is 0 Å². The van der Waals surface area contributed by atoms with Gasteiger partial charge in [-0.15, -0.1) is 11.3 Å². The highest BCUT2D eigenvalue weighted by Gasteiger charge is 2.37. The van der Waals surface area contributed by atoms with Gasteiger partial charge in [0.2, 0.25) is 6.10 Å². The lowest BCUT2D eigenvalue weighted by Crippen LogP contribution is -2.39. The highest BCUT2D eigenvalue weighted by molar-refractivity contribution is 7.10. The Labute approximate surface area is 200 Å². The Balaban J connectivity index is 1.69. The fourth-order valence-corrected chi connectivity index (χ4v) is 5.24. The summed E-state index contributed by atoms with van der Waals surface area (Å²) in [5, 5.41) is 2.82. The predicted molar refractivity (Wildman–Crippen MR) is 125 cm³/mol. The molecule has 0 unspecified atom stereocenters. The van der Waals surface area contributed by atoms with Crippen molar-refractivity contribution in [2.45, 2.75) is 25.1 Å². The Morgan fingerprint density at radius 3 is 2.28 bits per heavy atom. The third-order valence-electron chi connectivity index (χ3n) is 5.46. The molecule has 2 aromatic carbocycles. The van der Waals surface area contributed by atoms with Crippen LogP contribution in [-0.4, -0.2) is 30.5 Å². The van der Waals surface area contributed by atoms with Crippen molar-refractivity contribution < 1.29 is 19.1 Å². The third-order valence-corrected chi connectivity index (χ3v) is 7.17. The zero-order valence-electron chi connectivity index (χ0n) is 17.3. The second-order valence-corrected chi connectivity index (χ2v) is 9.19. The van der Waals surface area contributed by atoms with Crippen LogP contribution >= 0.6 is 34.5 Å². The van der Waals surface area contributed by atoms with Crippen molar-refractivity contribution in [3.63, 3.8) is 0 Å². The molecule has 1 aliphatic heterocycles. The van der Waals surface area contributed by atoms with Crippen molar-refractivity contribution in [3.8, 4) is 0 Å². The van der Waals surface area contributed by atoms with Gasteiger partial charge in [0.05, 0.1) is 7.11 Å². The summed E-state index contributed by atoms with van der Waals surface area (Å²) in [5.41, 5.74) is 2.17. The number of carbonyl (C=O) groups excluding carboxylic acids is 2. The topological polar surface area (TPSA) is 55.8 Å². The summed E-state index contributed by atoms with van der Waals surface area (Å²) in [6.07, 6.45) is -0.459. The van der Waals surface area contributed by atoms with Gasteiger partial charge in [0, 0.05) is 33.6 Å². The van der Waals surface area contributed by atoms with E-state index >= 15 is 0 Å². The average Bonchev–Trinajstić information content (AvgIpc) is 3.27. The molecule has 0 saturated carbocycles. The first-order valence-electron chi connectivity index (χ1n) is 10.1. The van der Waals surface area contributed by atoms with Crippen LogP contribution in [0.3, 0.4) is 0 Å². The first-order chi connectivity index (χ1) is 15.5. The van der Waals surface area contributed by atoms with Gasteiger partial charge in [-0.25, -0.2) is 9.59 Å². The smallest absolute Gasteiger partial charge is 0.352 e. The van der Waals surface area contributed by atoms with E-state index in [0.29, 0.717) is 34.3 Å². The molecule has 0 spiro atoms. The number of thiophene rings is 1. The van der Waals surface area contributed by atoms with E-state index < -0.39 is 24.1 Å². The van der Waals surface area contributed by atoms with Gasteiger partial charge in [-0.1, -0.05) is 59.6 Å². The molecule has 32 heavy (non-hydrogen) atoms. The maximum absolute atomic E-state index is 13.6.